The van der Waals surface area contributed by atoms with Crippen LogP contribution in [0.25, 0.3) is 0 Å². The molecule has 0 spiro atoms. The van der Waals surface area contributed by atoms with E-state index in [2.05, 4.69) is 9.97 Å². The third-order valence-corrected chi connectivity index (χ3v) is 5.43. The van der Waals surface area contributed by atoms with Crippen LogP contribution in [0.15, 0.2) is 0 Å². The molecule has 0 bridgehead atoms. The zero-order valence-electron chi connectivity index (χ0n) is 12.5. The van der Waals surface area contributed by atoms with Gasteiger partial charge in [-0.1, -0.05) is 36.0 Å². The maximum Gasteiger partial charge on any atom is 0.163 e. The molecule has 2 aliphatic carbocycles. The van der Waals surface area contributed by atoms with Gasteiger partial charge in [-0.25, -0.2) is 9.97 Å². The molecule has 0 saturated heterocycles. The Morgan fingerprint density at radius 1 is 1.05 bits per heavy atom. The van der Waals surface area contributed by atoms with Crippen LogP contribution in [-0.4, -0.2) is 16.6 Å². The van der Waals surface area contributed by atoms with Crippen molar-refractivity contribution in [3.05, 3.63) is 21.7 Å². The topological polar surface area (TPSA) is 35.0 Å². The second-order valence-corrected chi connectivity index (χ2v) is 6.87. The molecule has 21 heavy (non-hydrogen) atoms. The van der Waals surface area contributed by atoms with E-state index in [9.17, 15) is 0 Å². The molecule has 116 valence electrons. The highest BCUT2D eigenvalue weighted by molar-refractivity contribution is 6.34. The van der Waals surface area contributed by atoms with Crippen LogP contribution >= 0.6 is 23.2 Å². The summed E-state index contributed by atoms with van der Waals surface area (Å²) in [5.74, 6) is 1.10. The van der Waals surface area contributed by atoms with Gasteiger partial charge in [-0.3, -0.25) is 0 Å². The van der Waals surface area contributed by atoms with Gasteiger partial charge in [0, 0.05) is 12.2 Å². The number of nitrogens with zero attached hydrogens (tertiary/aromatic N) is 2. The molecule has 2 aliphatic rings. The van der Waals surface area contributed by atoms with E-state index in [0.29, 0.717) is 28.7 Å². The van der Waals surface area contributed by atoms with Crippen molar-refractivity contribution in [3.8, 4) is 0 Å². The minimum atomic E-state index is -0.379. The first-order valence-corrected chi connectivity index (χ1v) is 8.79. The minimum absolute atomic E-state index is 0.379. The molecule has 3 rings (SSSR count). The fraction of sp³-hybridized carbons (Fsp3) is 0.750. The average molecular weight is 329 g/mol. The lowest BCUT2D eigenvalue weighted by Gasteiger charge is -2.28. The van der Waals surface area contributed by atoms with E-state index in [0.717, 1.165) is 44.1 Å². The molecule has 2 fully saturated rings. The van der Waals surface area contributed by atoms with Gasteiger partial charge >= 0.3 is 0 Å². The Morgan fingerprint density at radius 2 is 1.62 bits per heavy atom. The fourth-order valence-corrected chi connectivity index (χ4v) is 4.52. The molecule has 0 aliphatic heterocycles. The predicted molar refractivity (Wildman–Crippen MR) is 85.0 cm³/mol. The SMILES string of the molecule is CCOC1(c2nc(Cl)c(C3CCCC3)c(Cl)n2)CCCC1. The molecule has 0 aromatic carbocycles. The van der Waals surface area contributed by atoms with E-state index in [-0.39, 0.29) is 5.60 Å². The molecule has 2 saturated carbocycles. The van der Waals surface area contributed by atoms with E-state index >= 15 is 0 Å². The monoisotopic (exact) mass is 328 g/mol. The number of aromatic nitrogens is 2. The molecular weight excluding hydrogens is 307 g/mol. The molecule has 1 heterocycles. The van der Waals surface area contributed by atoms with Crippen molar-refractivity contribution in [1.82, 2.24) is 9.97 Å². The van der Waals surface area contributed by atoms with Crippen molar-refractivity contribution in [1.29, 1.82) is 0 Å². The van der Waals surface area contributed by atoms with Crippen LogP contribution in [0.2, 0.25) is 10.3 Å². The summed E-state index contributed by atoms with van der Waals surface area (Å²) in [6.07, 6.45) is 8.94. The second-order valence-electron chi connectivity index (χ2n) is 6.16. The Hall–Kier alpha value is -0.380. The summed E-state index contributed by atoms with van der Waals surface area (Å²) in [6.45, 7) is 2.67. The second kappa shape index (κ2) is 6.39. The number of hydrogen-bond acceptors (Lipinski definition) is 3. The zero-order valence-corrected chi connectivity index (χ0v) is 14.0. The Balaban J connectivity index is 1.97. The first-order chi connectivity index (χ1) is 10.2. The van der Waals surface area contributed by atoms with Gasteiger partial charge < -0.3 is 4.74 Å². The first-order valence-electron chi connectivity index (χ1n) is 8.03. The van der Waals surface area contributed by atoms with Crippen molar-refractivity contribution in [3.63, 3.8) is 0 Å². The average Bonchev–Trinajstić information content (AvgIpc) is 3.10. The highest BCUT2D eigenvalue weighted by Crippen LogP contribution is 2.44. The smallest absolute Gasteiger partial charge is 0.163 e. The van der Waals surface area contributed by atoms with Crippen LogP contribution < -0.4 is 0 Å². The number of rotatable bonds is 4. The number of halogens is 2. The van der Waals surface area contributed by atoms with Gasteiger partial charge in [-0.05, 0) is 51.4 Å². The summed E-state index contributed by atoms with van der Waals surface area (Å²) in [6, 6.07) is 0. The maximum absolute atomic E-state index is 6.46. The van der Waals surface area contributed by atoms with E-state index < -0.39 is 0 Å². The van der Waals surface area contributed by atoms with Crippen LogP contribution in [0.3, 0.4) is 0 Å². The maximum atomic E-state index is 6.46. The van der Waals surface area contributed by atoms with Crippen LogP contribution in [-0.2, 0) is 10.3 Å². The third kappa shape index (κ3) is 2.93. The van der Waals surface area contributed by atoms with Gasteiger partial charge in [-0.15, -0.1) is 0 Å². The van der Waals surface area contributed by atoms with E-state index in [1.807, 2.05) is 6.92 Å². The van der Waals surface area contributed by atoms with Gasteiger partial charge in [0.15, 0.2) is 5.82 Å². The lowest BCUT2D eigenvalue weighted by atomic mass is 9.98. The van der Waals surface area contributed by atoms with E-state index in [4.69, 9.17) is 27.9 Å². The molecule has 1 aromatic heterocycles. The van der Waals surface area contributed by atoms with Crippen LogP contribution in [0, 0.1) is 0 Å². The van der Waals surface area contributed by atoms with Gasteiger partial charge in [0.05, 0.1) is 0 Å². The lowest BCUT2D eigenvalue weighted by Crippen LogP contribution is -2.29. The molecule has 0 unspecified atom stereocenters. The Labute approximate surface area is 136 Å². The van der Waals surface area contributed by atoms with Crippen molar-refractivity contribution < 1.29 is 4.74 Å². The summed E-state index contributed by atoms with van der Waals surface area (Å²) >= 11 is 12.9. The highest BCUT2D eigenvalue weighted by atomic mass is 35.5. The number of hydrogen-bond donors (Lipinski definition) is 0. The summed E-state index contributed by atoms with van der Waals surface area (Å²) in [4.78, 5) is 9.19. The van der Waals surface area contributed by atoms with Crippen LogP contribution in [0.5, 0.6) is 0 Å². The molecule has 3 nitrogen and oxygen atoms in total. The van der Waals surface area contributed by atoms with Crippen molar-refractivity contribution in [2.75, 3.05) is 6.61 Å². The molecule has 0 amide bonds. The van der Waals surface area contributed by atoms with Crippen molar-refractivity contribution >= 4 is 23.2 Å². The molecule has 0 radical (unpaired) electrons. The van der Waals surface area contributed by atoms with Gasteiger partial charge in [0.25, 0.3) is 0 Å². The summed E-state index contributed by atoms with van der Waals surface area (Å²) in [7, 11) is 0. The van der Waals surface area contributed by atoms with Gasteiger partial charge in [0.2, 0.25) is 0 Å². The molecule has 1 aromatic rings. The summed E-state index contributed by atoms with van der Waals surface area (Å²) < 4.78 is 6.01. The fourth-order valence-electron chi connectivity index (χ4n) is 3.83. The molecule has 5 heteroatoms. The van der Waals surface area contributed by atoms with Crippen LogP contribution in [0.4, 0.5) is 0 Å². The van der Waals surface area contributed by atoms with Crippen molar-refractivity contribution in [2.24, 2.45) is 0 Å². The van der Waals surface area contributed by atoms with E-state index in [1.165, 1.54) is 12.8 Å². The van der Waals surface area contributed by atoms with Gasteiger partial charge in [0.1, 0.15) is 15.9 Å². The Morgan fingerprint density at radius 3 is 2.14 bits per heavy atom. The largest absolute Gasteiger partial charge is 0.367 e. The predicted octanol–water partition coefficient (Wildman–Crippen LogP) is 5.25. The molecule has 0 atom stereocenters. The molecular formula is C16H22Cl2N2O. The molecule has 0 N–H and O–H groups in total. The lowest BCUT2D eigenvalue weighted by molar-refractivity contribution is -0.0457. The Kier molecular flexibility index (Phi) is 4.72. The quantitative estimate of drug-likeness (QED) is 0.708. The zero-order chi connectivity index (χ0) is 14.9. The first kappa shape index (κ1) is 15.5. The third-order valence-electron chi connectivity index (χ3n) is 4.86. The normalized spacial score (nSPS) is 22.0. The number of ether oxygens (including phenoxy) is 1. The van der Waals surface area contributed by atoms with Gasteiger partial charge in [-0.2, -0.15) is 0 Å². The van der Waals surface area contributed by atoms with E-state index in [1.54, 1.807) is 0 Å². The Bertz CT molecular complexity index is 486. The highest BCUT2D eigenvalue weighted by Gasteiger charge is 2.40. The summed E-state index contributed by atoms with van der Waals surface area (Å²) in [5, 5.41) is 1.06. The van der Waals surface area contributed by atoms with Crippen molar-refractivity contribution in [2.45, 2.75) is 69.8 Å². The summed E-state index contributed by atoms with van der Waals surface area (Å²) in [5.41, 5.74) is 0.570. The van der Waals surface area contributed by atoms with Crippen LogP contribution in [0.1, 0.15) is 75.6 Å². The minimum Gasteiger partial charge on any atom is -0.367 e. The standard InChI is InChI=1S/C16H22Cl2N2O/c1-2-21-16(9-5-6-10-16)15-19-13(17)12(14(18)20-15)11-7-3-4-8-11/h11H,2-10H2,1H3.